The Bertz CT molecular complexity index is 608. The molecule has 1 aromatic heterocycles. The minimum atomic E-state index is -4.49. The van der Waals surface area contributed by atoms with Crippen molar-refractivity contribution in [1.29, 1.82) is 0 Å². The fraction of sp³-hybridized carbons (Fsp3) is 0.250. The molecule has 2 aromatic rings. The van der Waals surface area contributed by atoms with Crippen LogP contribution in [0, 0.1) is 6.92 Å². The average Bonchev–Trinajstić information content (AvgIpc) is 2.71. The Morgan fingerprint density at radius 2 is 2.00 bits per heavy atom. The number of nitrogens with zero attached hydrogens (tertiary/aromatic N) is 1. The Balaban J connectivity index is 2.56. The molecule has 0 saturated carbocycles. The summed E-state index contributed by atoms with van der Waals surface area (Å²) in [5, 5.41) is 0. The molecule has 1 heterocycles. The summed E-state index contributed by atoms with van der Waals surface area (Å²) in [7, 11) is 1.49. The number of hydrogen-bond donors (Lipinski definition) is 1. The molecule has 7 heteroatoms. The summed E-state index contributed by atoms with van der Waals surface area (Å²) in [6, 6.07) is 4.70. The van der Waals surface area contributed by atoms with Gasteiger partial charge in [0.25, 0.3) is 0 Å². The number of alkyl halides is 3. The highest BCUT2D eigenvalue weighted by atomic mass is 79.9. The number of nitrogens with one attached hydrogen (secondary N) is 1. The maximum atomic E-state index is 12.9. The van der Waals surface area contributed by atoms with E-state index in [4.69, 9.17) is 4.74 Å². The summed E-state index contributed by atoms with van der Waals surface area (Å²) in [5.41, 5.74) is -0.573. The standard InChI is InChI=1S/C12H10BrF3N2O/c1-6-17-10(11(18-6)12(14,15)16)7-3-4-9(19-2)8(13)5-7/h3-5H,1-2H3,(H,17,18). The SMILES string of the molecule is COc1ccc(-c2[nH]c(C)nc2C(F)(F)F)cc1Br. The minimum absolute atomic E-state index is 0.0478. The number of aromatic nitrogens is 2. The zero-order valence-electron chi connectivity index (χ0n) is 10.1. The Hall–Kier alpha value is -1.50. The lowest BCUT2D eigenvalue weighted by Gasteiger charge is -2.08. The van der Waals surface area contributed by atoms with Crippen molar-refractivity contribution in [3.05, 3.63) is 34.2 Å². The molecule has 0 aliphatic carbocycles. The molecule has 0 amide bonds. The van der Waals surface area contributed by atoms with Crippen molar-refractivity contribution in [3.63, 3.8) is 0 Å². The van der Waals surface area contributed by atoms with Gasteiger partial charge in [0.15, 0.2) is 5.69 Å². The van der Waals surface area contributed by atoms with Gasteiger partial charge in [0.2, 0.25) is 0 Å². The molecule has 1 N–H and O–H groups in total. The predicted molar refractivity (Wildman–Crippen MR) is 68.0 cm³/mol. The van der Waals surface area contributed by atoms with Crippen LogP contribution < -0.4 is 4.74 Å². The fourth-order valence-corrected chi connectivity index (χ4v) is 2.27. The molecule has 0 saturated heterocycles. The van der Waals surface area contributed by atoms with Crippen molar-refractivity contribution in [2.24, 2.45) is 0 Å². The van der Waals surface area contributed by atoms with Crippen LogP contribution in [0.15, 0.2) is 22.7 Å². The molecule has 0 bridgehead atoms. The van der Waals surface area contributed by atoms with Gasteiger partial charge in [0.05, 0.1) is 17.3 Å². The van der Waals surface area contributed by atoms with Gasteiger partial charge in [-0.05, 0) is 41.1 Å². The van der Waals surface area contributed by atoms with E-state index in [0.717, 1.165) is 0 Å². The van der Waals surface area contributed by atoms with Crippen LogP contribution >= 0.6 is 15.9 Å². The van der Waals surface area contributed by atoms with E-state index < -0.39 is 11.9 Å². The molecule has 0 radical (unpaired) electrons. The number of benzene rings is 1. The molecular weight excluding hydrogens is 325 g/mol. The number of ether oxygens (including phenoxy) is 1. The third-order valence-corrected chi connectivity index (χ3v) is 3.15. The van der Waals surface area contributed by atoms with E-state index in [1.807, 2.05) is 0 Å². The van der Waals surface area contributed by atoms with Crippen molar-refractivity contribution in [2.75, 3.05) is 7.11 Å². The quantitative estimate of drug-likeness (QED) is 0.894. The number of aryl methyl sites for hydroxylation is 1. The average molecular weight is 335 g/mol. The molecule has 0 spiro atoms. The van der Waals surface area contributed by atoms with Gasteiger partial charge in [0.1, 0.15) is 11.6 Å². The van der Waals surface area contributed by atoms with Gasteiger partial charge in [0, 0.05) is 5.56 Å². The Labute approximate surface area is 115 Å². The lowest BCUT2D eigenvalue weighted by atomic mass is 10.1. The van der Waals surface area contributed by atoms with Gasteiger partial charge in [-0.15, -0.1) is 0 Å². The first kappa shape index (κ1) is 13.9. The van der Waals surface area contributed by atoms with Gasteiger partial charge >= 0.3 is 6.18 Å². The number of H-pyrrole nitrogens is 1. The van der Waals surface area contributed by atoms with E-state index >= 15 is 0 Å². The maximum Gasteiger partial charge on any atom is 0.435 e. The number of hydrogen-bond acceptors (Lipinski definition) is 2. The number of imidazole rings is 1. The number of halogens is 4. The van der Waals surface area contributed by atoms with Crippen LogP contribution in [0.2, 0.25) is 0 Å². The number of methoxy groups -OCH3 is 1. The van der Waals surface area contributed by atoms with Crippen LogP contribution in [0.1, 0.15) is 11.5 Å². The van der Waals surface area contributed by atoms with E-state index in [9.17, 15) is 13.2 Å². The Morgan fingerprint density at radius 3 is 2.53 bits per heavy atom. The molecule has 0 fully saturated rings. The van der Waals surface area contributed by atoms with Gasteiger partial charge in [-0.3, -0.25) is 0 Å². The third kappa shape index (κ3) is 2.75. The summed E-state index contributed by atoms with van der Waals surface area (Å²) in [6.07, 6.45) is -4.49. The molecule has 0 aliphatic heterocycles. The lowest BCUT2D eigenvalue weighted by molar-refractivity contribution is -0.140. The third-order valence-electron chi connectivity index (χ3n) is 2.53. The topological polar surface area (TPSA) is 37.9 Å². The summed E-state index contributed by atoms with van der Waals surface area (Å²) in [5.74, 6) is 0.766. The van der Waals surface area contributed by atoms with E-state index in [2.05, 4.69) is 25.9 Å². The second kappa shape index (κ2) is 4.88. The zero-order chi connectivity index (χ0) is 14.2. The van der Waals surface area contributed by atoms with Crippen LogP contribution in [-0.4, -0.2) is 17.1 Å². The largest absolute Gasteiger partial charge is 0.496 e. The van der Waals surface area contributed by atoms with E-state index in [-0.39, 0.29) is 11.5 Å². The van der Waals surface area contributed by atoms with Crippen molar-refractivity contribution in [3.8, 4) is 17.0 Å². The van der Waals surface area contributed by atoms with Gasteiger partial charge < -0.3 is 9.72 Å². The van der Waals surface area contributed by atoms with E-state index in [0.29, 0.717) is 15.8 Å². The van der Waals surface area contributed by atoms with Crippen molar-refractivity contribution in [2.45, 2.75) is 13.1 Å². The molecule has 3 nitrogen and oxygen atoms in total. The molecular formula is C12H10BrF3N2O. The van der Waals surface area contributed by atoms with Crippen LogP contribution in [0.3, 0.4) is 0 Å². The molecule has 0 unspecified atom stereocenters. The van der Waals surface area contributed by atoms with Gasteiger partial charge in [-0.1, -0.05) is 0 Å². The summed E-state index contributed by atoms with van der Waals surface area (Å²) in [4.78, 5) is 6.14. The van der Waals surface area contributed by atoms with Crippen molar-refractivity contribution in [1.82, 2.24) is 9.97 Å². The highest BCUT2D eigenvalue weighted by Gasteiger charge is 2.37. The normalized spacial score (nSPS) is 11.7. The first-order valence-electron chi connectivity index (χ1n) is 5.30. The first-order chi connectivity index (χ1) is 8.82. The minimum Gasteiger partial charge on any atom is -0.496 e. The highest BCUT2D eigenvalue weighted by molar-refractivity contribution is 9.10. The first-order valence-corrected chi connectivity index (χ1v) is 6.10. The Kier molecular flexibility index (Phi) is 3.58. The molecule has 0 atom stereocenters. The molecule has 0 aliphatic rings. The van der Waals surface area contributed by atoms with Crippen molar-refractivity contribution >= 4 is 15.9 Å². The summed E-state index contributed by atoms with van der Waals surface area (Å²) >= 11 is 3.25. The maximum absolute atomic E-state index is 12.9. The molecule has 19 heavy (non-hydrogen) atoms. The predicted octanol–water partition coefficient (Wildman–Crippen LogP) is 4.18. The summed E-state index contributed by atoms with van der Waals surface area (Å²) < 4.78 is 44.2. The number of rotatable bonds is 2. The Morgan fingerprint density at radius 1 is 1.32 bits per heavy atom. The zero-order valence-corrected chi connectivity index (χ0v) is 11.7. The van der Waals surface area contributed by atoms with Crippen molar-refractivity contribution < 1.29 is 17.9 Å². The smallest absolute Gasteiger partial charge is 0.435 e. The monoisotopic (exact) mass is 334 g/mol. The second-order valence-electron chi connectivity index (χ2n) is 3.89. The fourth-order valence-electron chi connectivity index (χ4n) is 1.73. The van der Waals surface area contributed by atoms with Crippen LogP contribution in [-0.2, 0) is 6.18 Å². The second-order valence-corrected chi connectivity index (χ2v) is 4.75. The summed E-state index contributed by atoms with van der Waals surface area (Å²) in [6.45, 7) is 1.48. The van der Waals surface area contributed by atoms with Crippen LogP contribution in [0.25, 0.3) is 11.3 Å². The highest BCUT2D eigenvalue weighted by Crippen LogP contribution is 2.37. The molecule has 2 rings (SSSR count). The van der Waals surface area contributed by atoms with E-state index in [1.165, 1.54) is 14.0 Å². The molecule has 1 aromatic carbocycles. The van der Waals surface area contributed by atoms with E-state index in [1.54, 1.807) is 18.2 Å². The van der Waals surface area contributed by atoms with Crippen LogP contribution in [0.5, 0.6) is 5.75 Å². The lowest BCUT2D eigenvalue weighted by Crippen LogP contribution is -2.07. The van der Waals surface area contributed by atoms with Gasteiger partial charge in [-0.25, -0.2) is 4.98 Å². The van der Waals surface area contributed by atoms with Crippen LogP contribution in [0.4, 0.5) is 13.2 Å². The molecule has 102 valence electrons. The number of aromatic amines is 1. The van der Waals surface area contributed by atoms with Gasteiger partial charge in [-0.2, -0.15) is 13.2 Å².